The lowest BCUT2D eigenvalue weighted by molar-refractivity contribution is 0.144. The predicted octanol–water partition coefficient (Wildman–Crippen LogP) is 3.04. The van der Waals surface area contributed by atoms with E-state index in [4.69, 9.17) is 0 Å². The molecule has 0 atom stereocenters. The summed E-state index contributed by atoms with van der Waals surface area (Å²) in [6.07, 6.45) is 5.29. The molecule has 0 heterocycles. The first kappa shape index (κ1) is 13.6. The highest BCUT2D eigenvalue weighted by molar-refractivity contribution is 5.33. The monoisotopic (exact) mass is 247 g/mol. The molecule has 0 bridgehead atoms. The van der Waals surface area contributed by atoms with Crippen molar-refractivity contribution >= 4 is 0 Å². The van der Waals surface area contributed by atoms with E-state index < -0.39 is 0 Å². The smallest absolute Gasteiger partial charge is 0.0558 e. The summed E-state index contributed by atoms with van der Waals surface area (Å²) in [5.41, 5.74) is 4.18. The standard InChI is InChI=1S/C16H25NO/c1-13-6-5-7-14(2)16(13)12-17(10-11-18)15-8-3-4-9-15/h5-7,15,18H,3-4,8-12H2,1-2H3. The second-order valence-corrected chi connectivity index (χ2v) is 5.50. The Morgan fingerprint density at radius 1 is 1.17 bits per heavy atom. The predicted molar refractivity (Wildman–Crippen MR) is 75.7 cm³/mol. The molecular formula is C16H25NO. The molecule has 0 unspecified atom stereocenters. The highest BCUT2D eigenvalue weighted by atomic mass is 16.3. The summed E-state index contributed by atoms with van der Waals surface area (Å²) < 4.78 is 0. The number of aryl methyl sites for hydroxylation is 2. The first-order valence-corrected chi connectivity index (χ1v) is 7.12. The minimum absolute atomic E-state index is 0.265. The third-order valence-electron chi connectivity index (χ3n) is 4.23. The third kappa shape index (κ3) is 3.12. The molecule has 0 radical (unpaired) electrons. The molecule has 0 spiro atoms. The molecule has 2 rings (SSSR count). The van der Waals surface area contributed by atoms with E-state index in [-0.39, 0.29) is 6.61 Å². The maximum absolute atomic E-state index is 9.27. The van der Waals surface area contributed by atoms with Gasteiger partial charge in [-0.2, -0.15) is 0 Å². The zero-order valence-corrected chi connectivity index (χ0v) is 11.7. The first-order valence-electron chi connectivity index (χ1n) is 7.12. The van der Waals surface area contributed by atoms with Crippen LogP contribution in [0.15, 0.2) is 18.2 Å². The van der Waals surface area contributed by atoms with Crippen molar-refractivity contribution in [1.29, 1.82) is 0 Å². The van der Waals surface area contributed by atoms with E-state index in [0.29, 0.717) is 6.04 Å². The molecule has 2 heteroatoms. The number of rotatable bonds is 5. The van der Waals surface area contributed by atoms with Crippen LogP contribution in [0.3, 0.4) is 0 Å². The van der Waals surface area contributed by atoms with Crippen LogP contribution in [0.25, 0.3) is 0 Å². The Morgan fingerprint density at radius 2 is 1.78 bits per heavy atom. The van der Waals surface area contributed by atoms with E-state index in [9.17, 15) is 5.11 Å². The fraction of sp³-hybridized carbons (Fsp3) is 0.625. The van der Waals surface area contributed by atoms with Gasteiger partial charge in [0.1, 0.15) is 0 Å². The van der Waals surface area contributed by atoms with Crippen molar-refractivity contribution in [2.24, 2.45) is 0 Å². The van der Waals surface area contributed by atoms with Crippen molar-refractivity contribution in [3.63, 3.8) is 0 Å². The van der Waals surface area contributed by atoms with Crippen LogP contribution in [-0.4, -0.2) is 29.2 Å². The molecule has 18 heavy (non-hydrogen) atoms. The van der Waals surface area contributed by atoms with Gasteiger partial charge in [0.2, 0.25) is 0 Å². The SMILES string of the molecule is Cc1cccc(C)c1CN(CCO)C1CCCC1. The second kappa shape index (κ2) is 6.35. The summed E-state index contributed by atoms with van der Waals surface area (Å²) in [6, 6.07) is 7.18. The lowest BCUT2D eigenvalue weighted by atomic mass is 10.0. The van der Waals surface area contributed by atoms with Crippen LogP contribution in [0, 0.1) is 13.8 Å². The molecule has 0 aliphatic heterocycles. The zero-order valence-electron chi connectivity index (χ0n) is 11.7. The van der Waals surface area contributed by atoms with Gasteiger partial charge in [0.25, 0.3) is 0 Å². The van der Waals surface area contributed by atoms with Gasteiger partial charge in [0, 0.05) is 19.1 Å². The Kier molecular flexibility index (Phi) is 4.79. The van der Waals surface area contributed by atoms with Crippen molar-refractivity contribution in [2.75, 3.05) is 13.2 Å². The van der Waals surface area contributed by atoms with Gasteiger partial charge in [-0.25, -0.2) is 0 Å². The number of hydrogen-bond donors (Lipinski definition) is 1. The molecular weight excluding hydrogens is 222 g/mol. The second-order valence-electron chi connectivity index (χ2n) is 5.50. The van der Waals surface area contributed by atoms with Crippen LogP contribution in [0.4, 0.5) is 0 Å². The lowest BCUT2D eigenvalue weighted by Gasteiger charge is -2.29. The number of aliphatic hydroxyl groups excluding tert-OH is 1. The molecule has 1 saturated carbocycles. The van der Waals surface area contributed by atoms with Crippen LogP contribution in [0.1, 0.15) is 42.4 Å². The third-order valence-corrected chi connectivity index (χ3v) is 4.23. The maximum atomic E-state index is 9.27. The van der Waals surface area contributed by atoms with E-state index in [2.05, 4.69) is 36.9 Å². The van der Waals surface area contributed by atoms with Crippen LogP contribution in [0.2, 0.25) is 0 Å². The first-order chi connectivity index (χ1) is 8.72. The molecule has 0 aromatic heterocycles. The molecule has 0 saturated heterocycles. The molecule has 1 aromatic rings. The van der Waals surface area contributed by atoms with Crippen LogP contribution < -0.4 is 0 Å². The molecule has 100 valence electrons. The number of aliphatic hydroxyl groups is 1. The van der Waals surface area contributed by atoms with E-state index >= 15 is 0 Å². The summed E-state index contributed by atoms with van der Waals surface area (Å²) in [6.45, 7) is 6.44. The fourth-order valence-electron chi connectivity index (χ4n) is 3.09. The molecule has 1 fully saturated rings. The summed E-state index contributed by atoms with van der Waals surface area (Å²) in [5.74, 6) is 0. The summed E-state index contributed by atoms with van der Waals surface area (Å²) in [5, 5.41) is 9.27. The molecule has 1 N–H and O–H groups in total. The van der Waals surface area contributed by atoms with E-state index in [0.717, 1.165) is 13.1 Å². The van der Waals surface area contributed by atoms with E-state index in [1.165, 1.54) is 42.4 Å². The van der Waals surface area contributed by atoms with Gasteiger partial charge in [-0.05, 0) is 43.4 Å². The van der Waals surface area contributed by atoms with Crippen LogP contribution >= 0.6 is 0 Å². The average molecular weight is 247 g/mol. The van der Waals surface area contributed by atoms with E-state index in [1.54, 1.807) is 0 Å². The molecule has 1 aliphatic rings. The Balaban J connectivity index is 2.12. The Bertz CT molecular complexity index is 362. The average Bonchev–Trinajstić information content (AvgIpc) is 2.86. The number of hydrogen-bond acceptors (Lipinski definition) is 2. The fourth-order valence-corrected chi connectivity index (χ4v) is 3.09. The van der Waals surface area contributed by atoms with E-state index in [1.807, 2.05) is 0 Å². The molecule has 2 nitrogen and oxygen atoms in total. The zero-order chi connectivity index (χ0) is 13.0. The number of nitrogens with zero attached hydrogens (tertiary/aromatic N) is 1. The summed E-state index contributed by atoms with van der Waals surface area (Å²) in [4.78, 5) is 2.47. The van der Waals surface area contributed by atoms with Crippen molar-refractivity contribution in [2.45, 2.75) is 52.1 Å². The van der Waals surface area contributed by atoms with Gasteiger partial charge in [-0.15, -0.1) is 0 Å². The largest absolute Gasteiger partial charge is 0.395 e. The quantitative estimate of drug-likeness (QED) is 0.864. The van der Waals surface area contributed by atoms with Gasteiger partial charge in [0.15, 0.2) is 0 Å². The van der Waals surface area contributed by atoms with Gasteiger partial charge in [0.05, 0.1) is 6.61 Å². The minimum atomic E-state index is 0.265. The van der Waals surface area contributed by atoms with Gasteiger partial charge >= 0.3 is 0 Å². The van der Waals surface area contributed by atoms with Gasteiger partial charge in [-0.3, -0.25) is 4.90 Å². The van der Waals surface area contributed by atoms with Crippen LogP contribution in [0.5, 0.6) is 0 Å². The summed E-state index contributed by atoms with van der Waals surface area (Å²) in [7, 11) is 0. The maximum Gasteiger partial charge on any atom is 0.0558 e. The Labute approximate surface area is 111 Å². The summed E-state index contributed by atoms with van der Waals surface area (Å²) >= 11 is 0. The van der Waals surface area contributed by atoms with Crippen molar-refractivity contribution < 1.29 is 5.11 Å². The van der Waals surface area contributed by atoms with Crippen LogP contribution in [-0.2, 0) is 6.54 Å². The highest BCUT2D eigenvalue weighted by Crippen LogP contribution is 2.26. The normalized spacial score (nSPS) is 16.7. The van der Waals surface area contributed by atoms with Crippen molar-refractivity contribution in [1.82, 2.24) is 4.90 Å². The van der Waals surface area contributed by atoms with Gasteiger partial charge in [-0.1, -0.05) is 31.0 Å². The Hall–Kier alpha value is -0.860. The topological polar surface area (TPSA) is 23.5 Å². The molecule has 1 aromatic carbocycles. The number of benzene rings is 1. The molecule has 1 aliphatic carbocycles. The van der Waals surface area contributed by atoms with Crippen molar-refractivity contribution in [3.8, 4) is 0 Å². The lowest BCUT2D eigenvalue weighted by Crippen LogP contribution is -2.35. The van der Waals surface area contributed by atoms with Gasteiger partial charge < -0.3 is 5.11 Å². The van der Waals surface area contributed by atoms with Crippen molar-refractivity contribution in [3.05, 3.63) is 34.9 Å². The molecule has 0 amide bonds. The Morgan fingerprint density at radius 3 is 2.33 bits per heavy atom. The minimum Gasteiger partial charge on any atom is -0.395 e. The highest BCUT2D eigenvalue weighted by Gasteiger charge is 2.22.